The number of hydrogen-bond donors (Lipinski definition) is 1. The number of nitrogens with one attached hydrogen (secondary N) is 1. The molecule has 0 unspecified atom stereocenters. The Morgan fingerprint density at radius 3 is 2.12 bits per heavy atom. The van der Waals surface area contributed by atoms with Crippen molar-refractivity contribution in [1.29, 1.82) is 0 Å². The van der Waals surface area contributed by atoms with Crippen LogP contribution in [0.2, 0.25) is 0 Å². The molecule has 0 radical (unpaired) electrons. The van der Waals surface area contributed by atoms with Crippen LogP contribution in [0.3, 0.4) is 0 Å². The number of rotatable bonds is 3. The fourth-order valence-corrected chi connectivity index (χ4v) is 3.90. The van der Waals surface area contributed by atoms with E-state index in [1.807, 2.05) is 30.6 Å². The maximum atomic E-state index is 12.7. The van der Waals surface area contributed by atoms with E-state index in [4.69, 9.17) is 0 Å². The van der Waals surface area contributed by atoms with Crippen molar-refractivity contribution in [2.45, 2.75) is 52.9 Å². The van der Waals surface area contributed by atoms with Crippen molar-refractivity contribution in [3.05, 3.63) is 22.5 Å². The first-order valence-electron chi connectivity index (χ1n) is 9.20. The average molecular weight is 331 g/mol. The van der Waals surface area contributed by atoms with Gasteiger partial charge in [0.25, 0.3) is 5.91 Å². The molecule has 0 spiro atoms. The number of carbonyl (C=O) groups is 2. The summed E-state index contributed by atoms with van der Waals surface area (Å²) in [5.41, 5.74) is 4.03. The zero-order chi connectivity index (χ0) is 17.3. The number of carbonyl (C=O) groups excluding carboxylic acids is 2. The molecule has 1 aromatic heterocycles. The molecule has 0 saturated carbocycles. The van der Waals surface area contributed by atoms with Gasteiger partial charge in [0, 0.05) is 38.3 Å². The molecule has 0 aliphatic carbocycles. The van der Waals surface area contributed by atoms with Crippen LogP contribution < -0.4 is 0 Å². The molecule has 1 aromatic rings. The van der Waals surface area contributed by atoms with Crippen LogP contribution in [-0.4, -0.2) is 52.8 Å². The summed E-state index contributed by atoms with van der Waals surface area (Å²) < 4.78 is 0. The Bertz CT molecular complexity index is 621. The summed E-state index contributed by atoms with van der Waals surface area (Å²) >= 11 is 0. The van der Waals surface area contributed by atoms with Crippen LogP contribution in [0.4, 0.5) is 0 Å². The molecular formula is C19H29N3O2. The molecule has 0 aromatic carbocycles. The second-order valence-electron chi connectivity index (χ2n) is 7.40. The summed E-state index contributed by atoms with van der Waals surface area (Å²) in [4.78, 5) is 32.2. The highest BCUT2D eigenvalue weighted by molar-refractivity contribution is 5.94. The van der Waals surface area contributed by atoms with Crippen molar-refractivity contribution in [3.63, 3.8) is 0 Å². The minimum absolute atomic E-state index is 0.105. The molecular weight excluding hydrogens is 302 g/mol. The third-order valence-corrected chi connectivity index (χ3v) is 5.85. The van der Waals surface area contributed by atoms with Crippen molar-refractivity contribution >= 4 is 11.8 Å². The van der Waals surface area contributed by atoms with Gasteiger partial charge in [-0.15, -0.1) is 0 Å². The van der Waals surface area contributed by atoms with Gasteiger partial charge in [-0.1, -0.05) is 0 Å². The first-order valence-corrected chi connectivity index (χ1v) is 9.20. The summed E-state index contributed by atoms with van der Waals surface area (Å²) in [6, 6.07) is 0. The quantitative estimate of drug-likeness (QED) is 0.926. The normalized spacial score (nSPS) is 19.1. The number of amides is 2. The molecule has 132 valence electrons. The largest absolute Gasteiger partial charge is 0.354 e. The Morgan fingerprint density at radius 1 is 0.958 bits per heavy atom. The zero-order valence-electron chi connectivity index (χ0n) is 15.2. The molecule has 0 bridgehead atoms. The van der Waals surface area contributed by atoms with E-state index in [0.717, 1.165) is 68.8 Å². The van der Waals surface area contributed by atoms with Crippen molar-refractivity contribution in [3.8, 4) is 0 Å². The predicted octanol–water partition coefficient (Wildman–Crippen LogP) is 2.80. The van der Waals surface area contributed by atoms with Crippen LogP contribution in [0.1, 0.15) is 59.4 Å². The number of likely N-dealkylation sites (tertiary alicyclic amines) is 2. The standard InChI is InChI=1S/C19H29N3O2/c1-13-14(2)18(20-15(13)3)19(24)22-10-6-16(7-11-22)12-17(23)21-8-4-5-9-21/h16,20H,4-12H2,1-3H3. The first kappa shape index (κ1) is 17.1. The molecule has 2 amide bonds. The van der Waals surface area contributed by atoms with Gasteiger partial charge in [0.15, 0.2) is 0 Å². The highest BCUT2D eigenvalue weighted by Gasteiger charge is 2.28. The maximum Gasteiger partial charge on any atom is 0.270 e. The summed E-state index contributed by atoms with van der Waals surface area (Å²) in [6.07, 6.45) is 4.81. The molecule has 1 N–H and O–H groups in total. The average Bonchev–Trinajstić information content (AvgIpc) is 3.20. The topological polar surface area (TPSA) is 56.4 Å². The minimum atomic E-state index is 0.105. The second kappa shape index (κ2) is 6.99. The summed E-state index contributed by atoms with van der Waals surface area (Å²) in [6.45, 7) is 9.44. The molecule has 5 nitrogen and oxygen atoms in total. The summed E-state index contributed by atoms with van der Waals surface area (Å²) in [5.74, 6) is 0.840. The Kier molecular flexibility index (Phi) is 4.97. The Morgan fingerprint density at radius 2 is 1.58 bits per heavy atom. The van der Waals surface area contributed by atoms with Gasteiger partial charge in [0.1, 0.15) is 5.69 Å². The highest BCUT2D eigenvalue weighted by Crippen LogP contribution is 2.25. The number of nitrogens with zero attached hydrogens (tertiary/aromatic N) is 2. The molecule has 5 heteroatoms. The Hall–Kier alpha value is -1.78. The maximum absolute atomic E-state index is 12.7. The lowest BCUT2D eigenvalue weighted by Gasteiger charge is -2.32. The van der Waals surface area contributed by atoms with Gasteiger partial charge in [-0.2, -0.15) is 0 Å². The lowest BCUT2D eigenvalue weighted by atomic mass is 9.92. The third-order valence-electron chi connectivity index (χ3n) is 5.85. The minimum Gasteiger partial charge on any atom is -0.354 e. The number of aromatic nitrogens is 1. The van der Waals surface area contributed by atoms with Crippen molar-refractivity contribution in [2.24, 2.45) is 5.92 Å². The van der Waals surface area contributed by atoms with Gasteiger partial charge < -0.3 is 14.8 Å². The number of aryl methyl sites for hydroxylation is 1. The fraction of sp³-hybridized carbons (Fsp3) is 0.684. The molecule has 0 atom stereocenters. The second-order valence-corrected chi connectivity index (χ2v) is 7.40. The van der Waals surface area contributed by atoms with E-state index in [0.29, 0.717) is 18.2 Å². The van der Waals surface area contributed by atoms with Crippen LogP contribution in [0.5, 0.6) is 0 Å². The highest BCUT2D eigenvalue weighted by atomic mass is 16.2. The lowest BCUT2D eigenvalue weighted by Crippen LogP contribution is -2.40. The molecule has 2 fully saturated rings. The van der Waals surface area contributed by atoms with E-state index in [1.165, 1.54) is 5.56 Å². The van der Waals surface area contributed by atoms with E-state index >= 15 is 0 Å². The van der Waals surface area contributed by atoms with Crippen LogP contribution in [0, 0.1) is 26.7 Å². The van der Waals surface area contributed by atoms with E-state index in [1.54, 1.807) is 0 Å². The number of piperidine rings is 1. The molecule has 2 aliphatic heterocycles. The van der Waals surface area contributed by atoms with E-state index in [2.05, 4.69) is 4.98 Å². The molecule has 2 saturated heterocycles. The van der Waals surface area contributed by atoms with Gasteiger partial charge in [-0.05, 0) is 63.5 Å². The SMILES string of the molecule is Cc1[nH]c(C(=O)N2CCC(CC(=O)N3CCCC3)CC2)c(C)c1C. The molecule has 2 aliphatic rings. The monoisotopic (exact) mass is 331 g/mol. The number of H-pyrrole nitrogens is 1. The first-order chi connectivity index (χ1) is 11.5. The Balaban J connectivity index is 1.53. The molecule has 3 rings (SSSR count). The van der Waals surface area contributed by atoms with Crippen LogP contribution in [-0.2, 0) is 4.79 Å². The smallest absolute Gasteiger partial charge is 0.270 e. The van der Waals surface area contributed by atoms with Gasteiger partial charge in [-0.25, -0.2) is 0 Å². The van der Waals surface area contributed by atoms with E-state index in [-0.39, 0.29) is 5.91 Å². The van der Waals surface area contributed by atoms with Gasteiger partial charge >= 0.3 is 0 Å². The van der Waals surface area contributed by atoms with E-state index in [9.17, 15) is 9.59 Å². The van der Waals surface area contributed by atoms with Gasteiger partial charge in [0.2, 0.25) is 5.91 Å². The Labute approximate surface area is 144 Å². The summed E-state index contributed by atoms with van der Waals surface area (Å²) in [7, 11) is 0. The zero-order valence-corrected chi connectivity index (χ0v) is 15.2. The van der Waals surface area contributed by atoms with Crippen molar-refractivity contribution in [2.75, 3.05) is 26.2 Å². The van der Waals surface area contributed by atoms with E-state index < -0.39 is 0 Å². The van der Waals surface area contributed by atoms with Crippen molar-refractivity contribution in [1.82, 2.24) is 14.8 Å². The number of aromatic amines is 1. The summed E-state index contributed by atoms with van der Waals surface area (Å²) in [5, 5.41) is 0. The van der Waals surface area contributed by atoms with Gasteiger partial charge in [0.05, 0.1) is 0 Å². The number of hydrogen-bond acceptors (Lipinski definition) is 2. The van der Waals surface area contributed by atoms with Crippen LogP contribution in [0.25, 0.3) is 0 Å². The molecule has 24 heavy (non-hydrogen) atoms. The third kappa shape index (κ3) is 3.35. The van der Waals surface area contributed by atoms with Crippen molar-refractivity contribution < 1.29 is 9.59 Å². The lowest BCUT2D eigenvalue weighted by molar-refractivity contribution is -0.131. The van der Waals surface area contributed by atoms with Gasteiger partial charge in [-0.3, -0.25) is 9.59 Å². The van der Waals surface area contributed by atoms with Crippen LogP contribution in [0.15, 0.2) is 0 Å². The fourth-order valence-electron chi connectivity index (χ4n) is 3.90. The molecule has 3 heterocycles. The van der Waals surface area contributed by atoms with Crippen LogP contribution >= 0.6 is 0 Å². The predicted molar refractivity (Wildman–Crippen MR) is 94.1 cm³/mol.